The van der Waals surface area contributed by atoms with Gasteiger partial charge in [-0.25, -0.2) is 4.39 Å². The number of rotatable bonds is 6. The number of para-hydroxylation sites is 1. The number of halogens is 1. The predicted molar refractivity (Wildman–Crippen MR) is 93.8 cm³/mol. The van der Waals surface area contributed by atoms with Crippen molar-refractivity contribution in [3.05, 3.63) is 65.0 Å². The topological polar surface area (TPSA) is 50.7 Å². The number of hydrogen-bond donors (Lipinski definition) is 1. The number of hydrogen-bond acceptors (Lipinski definition) is 3. The Morgan fingerprint density at radius 3 is 2.71 bits per heavy atom. The monoisotopic (exact) mass is 328 g/mol. The third-order valence-corrected chi connectivity index (χ3v) is 3.56. The minimum atomic E-state index is -0.393. The number of amides is 1. The second kappa shape index (κ2) is 8.24. The van der Waals surface area contributed by atoms with Gasteiger partial charge in [-0.3, -0.25) is 4.79 Å². The van der Waals surface area contributed by atoms with Crippen molar-refractivity contribution in [3.8, 4) is 0 Å². The lowest BCUT2D eigenvalue weighted by atomic mass is 9.98. The summed E-state index contributed by atoms with van der Waals surface area (Å²) in [4.78, 5) is 17.0. The van der Waals surface area contributed by atoms with Crippen LogP contribution in [0.5, 0.6) is 0 Å². The smallest absolute Gasteiger partial charge is 0.265 e. The average molecular weight is 328 g/mol. The van der Waals surface area contributed by atoms with Crippen LogP contribution in [0.4, 0.5) is 10.1 Å². The van der Waals surface area contributed by atoms with Crippen molar-refractivity contribution in [1.82, 2.24) is 0 Å². The van der Waals surface area contributed by atoms with Gasteiger partial charge in [-0.15, -0.1) is 0 Å². The fraction of sp³-hybridized carbons (Fsp3) is 0.263. The van der Waals surface area contributed by atoms with Gasteiger partial charge in [0, 0.05) is 11.3 Å². The lowest BCUT2D eigenvalue weighted by molar-refractivity contribution is -0.120. The van der Waals surface area contributed by atoms with E-state index in [1.54, 1.807) is 18.2 Å². The van der Waals surface area contributed by atoms with Crippen LogP contribution in [0.25, 0.3) is 0 Å². The molecule has 0 atom stereocenters. The number of benzene rings is 2. The van der Waals surface area contributed by atoms with Crippen molar-refractivity contribution in [3.63, 3.8) is 0 Å². The van der Waals surface area contributed by atoms with E-state index in [4.69, 9.17) is 4.84 Å². The van der Waals surface area contributed by atoms with Crippen LogP contribution in [0, 0.1) is 12.7 Å². The summed E-state index contributed by atoms with van der Waals surface area (Å²) in [6, 6.07) is 12.1. The van der Waals surface area contributed by atoms with Crippen LogP contribution in [0.1, 0.15) is 36.5 Å². The first-order chi connectivity index (χ1) is 11.5. The molecule has 24 heavy (non-hydrogen) atoms. The first-order valence-electron chi connectivity index (χ1n) is 7.78. The average Bonchev–Trinajstić information content (AvgIpc) is 2.54. The summed E-state index contributed by atoms with van der Waals surface area (Å²) >= 11 is 0. The molecule has 2 aromatic carbocycles. The number of nitrogens with one attached hydrogen (secondary N) is 1. The Balaban J connectivity index is 1.94. The molecule has 0 bridgehead atoms. The van der Waals surface area contributed by atoms with E-state index in [0.29, 0.717) is 11.5 Å². The standard InChI is InChI=1S/C19H21FN2O2/c1-13(2)16-9-6-7-14(3)19(16)22-18(23)12-24-21-11-15-8-4-5-10-17(15)20/h4-11,13H,12H2,1-3H3,(H,22,23)/b21-11-. The molecule has 0 saturated carbocycles. The molecule has 0 aliphatic carbocycles. The maximum Gasteiger partial charge on any atom is 0.265 e. The Labute approximate surface area is 141 Å². The Kier molecular flexibility index (Phi) is 6.07. The zero-order valence-electron chi connectivity index (χ0n) is 14.0. The summed E-state index contributed by atoms with van der Waals surface area (Å²) in [5, 5.41) is 6.50. The van der Waals surface area contributed by atoms with Crippen molar-refractivity contribution >= 4 is 17.8 Å². The Hall–Kier alpha value is -2.69. The van der Waals surface area contributed by atoms with Gasteiger partial charge >= 0.3 is 0 Å². The number of anilines is 1. The van der Waals surface area contributed by atoms with Crippen molar-refractivity contribution < 1.29 is 14.0 Å². The second-order valence-electron chi connectivity index (χ2n) is 5.77. The van der Waals surface area contributed by atoms with Crippen LogP contribution in [0.15, 0.2) is 47.6 Å². The minimum absolute atomic E-state index is 0.239. The molecule has 5 heteroatoms. The van der Waals surface area contributed by atoms with Crippen molar-refractivity contribution in [2.45, 2.75) is 26.7 Å². The SMILES string of the molecule is Cc1cccc(C(C)C)c1NC(=O)CO/N=C\c1ccccc1F. The van der Waals surface area contributed by atoms with Gasteiger partial charge in [0.25, 0.3) is 5.91 Å². The summed E-state index contributed by atoms with van der Waals surface area (Å²) < 4.78 is 13.4. The van der Waals surface area contributed by atoms with E-state index in [1.165, 1.54) is 12.3 Å². The fourth-order valence-electron chi connectivity index (χ4n) is 2.29. The molecule has 0 saturated heterocycles. The molecular formula is C19H21FN2O2. The molecule has 0 fully saturated rings. The van der Waals surface area contributed by atoms with E-state index < -0.39 is 5.82 Å². The van der Waals surface area contributed by atoms with Crippen LogP contribution in [0.3, 0.4) is 0 Å². The summed E-state index contributed by atoms with van der Waals surface area (Å²) in [6.07, 6.45) is 1.25. The molecule has 1 N–H and O–H groups in total. The summed E-state index contributed by atoms with van der Waals surface area (Å²) in [5.74, 6) is -0.409. The van der Waals surface area contributed by atoms with Crippen molar-refractivity contribution in [1.29, 1.82) is 0 Å². The lowest BCUT2D eigenvalue weighted by Crippen LogP contribution is -2.19. The highest BCUT2D eigenvalue weighted by atomic mass is 19.1. The van der Waals surface area contributed by atoms with Gasteiger partial charge in [-0.2, -0.15) is 0 Å². The molecule has 0 radical (unpaired) electrons. The maximum absolute atomic E-state index is 13.4. The molecule has 2 aromatic rings. The molecule has 0 heterocycles. The highest BCUT2D eigenvalue weighted by Gasteiger charge is 2.12. The highest BCUT2D eigenvalue weighted by Crippen LogP contribution is 2.27. The van der Waals surface area contributed by atoms with Gasteiger partial charge in [0.2, 0.25) is 0 Å². The number of carbonyl (C=O) groups is 1. The molecule has 2 rings (SSSR count). The van der Waals surface area contributed by atoms with Crippen LogP contribution in [0.2, 0.25) is 0 Å². The van der Waals surface area contributed by atoms with Gasteiger partial charge < -0.3 is 10.2 Å². The normalized spacial score (nSPS) is 11.0. The Morgan fingerprint density at radius 1 is 1.25 bits per heavy atom. The quantitative estimate of drug-likeness (QED) is 0.637. The van der Waals surface area contributed by atoms with Crippen LogP contribution in [-0.2, 0) is 9.63 Å². The summed E-state index contributed by atoms with van der Waals surface area (Å²) in [7, 11) is 0. The molecule has 0 aromatic heterocycles. The highest BCUT2D eigenvalue weighted by molar-refractivity contribution is 5.93. The zero-order chi connectivity index (χ0) is 17.5. The molecule has 0 unspecified atom stereocenters. The molecule has 0 aliphatic heterocycles. The first kappa shape index (κ1) is 17.7. The van der Waals surface area contributed by atoms with Crippen molar-refractivity contribution in [2.75, 3.05) is 11.9 Å². The van der Waals surface area contributed by atoms with Crippen molar-refractivity contribution in [2.24, 2.45) is 5.16 Å². The molecule has 4 nitrogen and oxygen atoms in total. The van der Waals surface area contributed by atoms with Crippen LogP contribution in [-0.4, -0.2) is 18.7 Å². The third kappa shape index (κ3) is 4.65. The number of nitrogens with zero attached hydrogens (tertiary/aromatic N) is 1. The van der Waals surface area contributed by atoms with Gasteiger partial charge in [-0.05, 0) is 30.0 Å². The largest absolute Gasteiger partial charge is 0.386 e. The van der Waals surface area contributed by atoms with Crippen LogP contribution >= 0.6 is 0 Å². The molecule has 0 aliphatic rings. The van der Waals surface area contributed by atoms with Crippen LogP contribution < -0.4 is 5.32 Å². The van der Waals surface area contributed by atoms with E-state index in [2.05, 4.69) is 24.3 Å². The number of aryl methyl sites for hydroxylation is 1. The zero-order valence-corrected chi connectivity index (χ0v) is 14.0. The summed E-state index contributed by atoms with van der Waals surface area (Å²) in [5.41, 5.74) is 3.17. The van der Waals surface area contributed by atoms with E-state index in [1.807, 2.05) is 25.1 Å². The van der Waals surface area contributed by atoms with E-state index in [0.717, 1.165) is 16.8 Å². The lowest BCUT2D eigenvalue weighted by Gasteiger charge is -2.16. The van der Waals surface area contributed by atoms with E-state index in [-0.39, 0.29) is 12.5 Å². The maximum atomic E-state index is 13.4. The van der Waals surface area contributed by atoms with Gasteiger partial charge in [-0.1, -0.05) is 55.4 Å². The minimum Gasteiger partial charge on any atom is -0.386 e. The molecule has 0 spiro atoms. The summed E-state index contributed by atoms with van der Waals surface area (Å²) in [6.45, 7) is 5.84. The first-order valence-corrected chi connectivity index (χ1v) is 7.78. The predicted octanol–water partition coefficient (Wildman–Crippen LogP) is 4.25. The van der Waals surface area contributed by atoms with Gasteiger partial charge in [0.1, 0.15) is 5.82 Å². The Bertz CT molecular complexity index is 742. The molecule has 1 amide bonds. The second-order valence-corrected chi connectivity index (χ2v) is 5.77. The molecular weight excluding hydrogens is 307 g/mol. The van der Waals surface area contributed by atoms with E-state index >= 15 is 0 Å². The van der Waals surface area contributed by atoms with E-state index in [9.17, 15) is 9.18 Å². The third-order valence-electron chi connectivity index (χ3n) is 3.56. The fourth-order valence-corrected chi connectivity index (χ4v) is 2.29. The molecule has 126 valence electrons. The number of oxime groups is 1. The number of carbonyl (C=O) groups excluding carboxylic acids is 1. The van der Waals surface area contributed by atoms with Gasteiger partial charge in [0.05, 0.1) is 6.21 Å². The Morgan fingerprint density at radius 2 is 2.00 bits per heavy atom. The van der Waals surface area contributed by atoms with Gasteiger partial charge in [0.15, 0.2) is 6.61 Å².